The molecule has 1 spiro atoms. The summed E-state index contributed by atoms with van der Waals surface area (Å²) in [5, 5.41) is 2.74. The van der Waals surface area contributed by atoms with E-state index in [9.17, 15) is 9.59 Å². The topological polar surface area (TPSA) is 62.7 Å². The quantitative estimate of drug-likeness (QED) is 0.793. The van der Waals surface area contributed by atoms with E-state index in [4.69, 9.17) is 4.74 Å². The minimum absolute atomic E-state index is 0.00166. The molecule has 6 nitrogen and oxygen atoms in total. The normalized spacial score (nSPS) is 18.7. The van der Waals surface area contributed by atoms with Gasteiger partial charge in [0.05, 0.1) is 12.1 Å². The molecular formula is C21H25N3O3S. The van der Waals surface area contributed by atoms with Crippen molar-refractivity contribution < 1.29 is 14.3 Å². The molecule has 2 aromatic rings. The smallest absolute Gasteiger partial charge is 0.273 e. The predicted octanol–water partition coefficient (Wildman–Crippen LogP) is 3.12. The number of carbonyl (C=O) groups is 2. The summed E-state index contributed by atoms with van der Waals surface area (Å²) in [6.45, 7) is 4.70. The highest BCUT2D eigenvalue weighted by Crippen LogP contribution is 2.41. The third-order valence-electron chi connectivity index (χ3n) is 5.89. The van der Waals surface area contributed by atoms with E-state index in [0.29, 0.717) is 31.7 Å². The number of thiazole rings is 1. The number of methoxy groups -OCH3 is 1. The molecule has 28 heavy (non-hydrogen) atoms. The molecule has 0 radical (unpaired) electrons. The summed E-state index contributed by atoms with van der Waals surface area (Å²) >= 11 is 1.50. The molecule has 148 valence electrons. The first-order valence-corrected chi connectivity index (χ1v) is 10.5. The molecule has 2 fully saturated rings. The molecule has 2 amide bonds. The Balaban J connectivity index is 1.36. The van der Waals surface area contributed by atoms with Gasteiger partial charge in [-0.3, -0.25) is 9.59 Å². The van der Waals surface area contributed by atoms with Crippen LogP contribution in [-0.4, -0.2) is 53.3 Å². The van der Waals surface area contributed by atoms with Gasteiger partial charge in [-0.1, -0.05) is 12.1 Å². The second kappa shape index (κ2) is 7.54. The number of amides is 2. The van der Waals surface area contributed by atoms with Crippen molar-refractivity contribution in [3.8, 4) is 5.75 Å². The summed E-state index contributed by atoms with van der Waals surface area (Å²) in [5.74, 6) is 1.05. The van der Waals surface area contributed by atoms with Crippen molar-refractivity contribution in [3.05, 3.63) is 45.9 Å². The van der Waals surface area contributed by atoms with Crippen LogP contribution in [0.2, 0.25) is 0 Å². The van der Waals surface area contributed by atoms with Gasteiger partial charge < -0.3 is 14.5 Å². The van der Waals surface area contributed by atoms with Gasteiger partial charge in [-0.25, -0.2) is 4.98 Å². The molecule has 1 aromatic heterocycles. The molecule has 0 N–H and O–H groups in total. The van der Waals surface area contributed by atoms with Crippen LogP contribution in [0.1, 0.15) is 40.3 Å². The SMILES string of the molecule is COc1ccc(CN2CC3(CCN(C(=O)c4csc(C)n4)CC3)CC2=O)cc1. The number of nitrogens with zero attached hydrogens (tertiary/aromatic N) is 3. The highest BCUT2D eigenvalue weighted by Gasteiger charge is 2.45. The second-order valence-electron chi connectivity index (χ2n) is 7.82. The van der Waals surface area contributed by atoms with Crippen molar-refractivity contribution in [3.63, 3.8) is 0 Å². The standard InChI is InChI=1S/C21H25N3O3S/c1-15-22-18(13-28-15)20(26)23-9-7-21(8-10-23)11-19(25)24(14-21)12-16-3-5-17(27-2)6-4-16/h3-6,13H,7-12,14H2,1-2H3. The number of aryl methyl sites for hydroxylation is 1. The Bertz CT molecular complexity index is 869. The maximum atomic E-state index is 12.6. The van der Waals surface area contributed by atoms with Crippen LogP contribution in [0.25, 0.3) is 0 Å². The van der Waals surface area contributed by atoms with Crippen LogP contribution < -0.4 is 4.74 Å². The number of piperidine rings is 1. The van der Waals surface area contributed by atoms with Gasteiger partial charge in [-0.15, -0.1) is 11.3 Å². The molecule has 7 heteroatoms. The summed E-state index contributed by atoms with van der Waals surface area (Å²) < 4.78 is 5.20. The van der Waals surface area contributed by atoms with Crippen molar-refractivity contribution in [2.24, 2.45) is 5.41 Å². The molecular weight excluding hydrogens is 374 g/mol. The average molecular weight is 400 g/mol. The molecule has 0 aliphatic carbocycles. The first-order valence-electron chi connectivity index (χ1n) is 9.60. The third kappa shape index (κ3) is 3.76. The van der Waals surface area contributed by atoms with Crippen molar-refractivity contribution in [1.29, 1.82) is 0 Å². The Morgan fingerprint density at radius 2 is 1.96 bits per heavy atom. The third-order valence-corrected chi connectivity index (χ3v) is 6.66. The molecule has 0 saturated carbocycles. The molecule has 2 saturated heterocycles. The number of rotatable bonds is 4. The Kier molecular flexibility index (Phi) is 5.10. The second-order valence-corrected chi connectivity index (χ2v) is 8.88. The van der Waals surface area contributed by atoms with Gasteiger partial charge in [0.2, 0.25) is 5.91 Å². The van der Waals surface area contributed by atoms with Gasteiger partial charge in [0.1, 0.15) is 11.4 Å². The highest BCUT2D eigenvalue weighted by molar-refractivity contribution is 7.09. The summed E-state index contributed by atoms with van der Waals surface area (Å²) in [6.07, 6.45) is 2.32. The van der Waals surface area contributed by atoms with E-state index in [1.165, 1.54) is 11.3 Å². The lowest BCUT2D eigenvalue weighted by Gasteiger charge is -2.38. The van der Waals surface area contributed by atoms with Crippen LogP contribution in [0, 0.1) is 12.3 Å². The Hall–Kier alpha value is -2.41. The molecule has 0 atom stereocenters. The van der Waals surface area contributed by atoms with Gasteiger partial charge >= 0.3 is 0 Å². The molecule has 1 aromatic carbocycles. The maximum absolute atomic E-state index is 12.6. The molecule has 3 heterocycles. The number of aromatic nitrogens is 1. The van der Waals surface area contributed by atoms with Crippen molar-refractivity contribution in [2.45, 2.75) is 32.7 Å². The minimum atomic E-state index is -0.00166. The summed E-state index contributed by atoms with van der Waals surface area (Å²) in [5.41, 5.74) is 1.65. The minimum Gasteiger partial charge on any atom is -0.497 e. The van der Waals surface area contributed by atoms with E-state index in [1.807, 2.05) is 46.4 Å². The lowest BCUT2D eigenvalue weighted by molar-refractivity contribution is -0.128. The zero-order chi connectivity index (χ0) is 19.7. The fourth-order valence-corrected chi connectivity index (χ4v) is 4.81. The van der Waals surface area contributed by atoms with E-state index in [-0.39, 0.29) is 17.2 Å². The summed E-state index contributed by atoms with van der Waals surface area (Å²) in [6, 6.07) is 7.87. The van der Waals surface area contributed by atoms with Gasteiger partial charge in [0, 0.05) is 43.4 Å². The fraction of sp³-hybridized carbons (Fsp3) is 0.476. The van der Waals surface area contributed by atoms with Gasteiger partial charge in [0.25, 0.3) is 5.91 Å². The monoisotopic (exact) mass is 399 g/mol. The number of benzene rings is 1. The Labute approximate surface area is 169 Å². The van der Waals surface area contributed by atoms with Gasteiger partial charge in [-0.05, 0) is 37.5 Å². The lowest BCUT2D eigenvalue weighted by atomic mass is 9.77. The largest absolute Gasteiger partial charge is 0.497 e. The molecule has 2 aliphatic rings. The lowest BCUT2D eigenvalue weighted by Crippen LogP contribution is -2.44. The zero-order valence-electron chi connectivity index (χ0n) is 16.3. The number of carbonyl (C=O) groups excluding carboxylic acids is 2. The van der Waals surface area contributed by atoms with Crippen molar-refractivity contribution in [2.75, 3.05) is 26.7 Å². The van der Waals surface area contributed by atoms with E-state index in [2.05, 4.69) is 4.98 Å². The molecule has 4 rings (SSSR count). The van der Waals surface area contributed by atoms with Crippen LogP contribution in [0.4, 0.5) is 0 Å². The van der Waals surface area contributed by atoms with Crippen molar-refractivity contribution in [1.82, 2.24) is 14.8 Å². The van der Waals surface area contributed by atoms with Crippen LogP contribution in [0.5, 0.6) is 5.75 Å². The Morgan fingerprint density at radius 3 is 2.57 bits per heavy atom. The Morgan fingerprint density at radius 1 is 1.25 bits per heavy atom. The highest BCUT2D eigenvalue weighted by atomic mass is 32.1. The predicted molar refractivity (Wildman–Crippen MR) is 107 cm³/mol. The molecule has 0 bridgehead atoms. The zero-order valence-corrected chi connectivity index (χ0v) is 17.1. The van der Waals surface area contributed by atoms with Crippen molar-refractivity contribution >= 4 is 23.2 Å². The molecule has 0 unspecified atom stereocenters. The number of ether oxygens (including phenoxy) is 1. The van der Waals surface area contributed by atoms with Gasteiger partial charge in [0.15, 0.2) is 0 Å². The van der Waals surface area contributed by atoms with Crippen LogP contribution in [0.15, 0.2) is 29.6 Å². The number of hydrogen-bond donors (Lipinski definition) is 0. The van der Waals surface area contributed by atoms with Crippen LogP contribution in [0.3, 0.4) is 0 Å². The van der Waals surface area contributed by atoms with E-state index in [0.717, 1.165) is 35.7 Å². The number of hydrogen-bond acceptors (Lipinski definition) is 5. The van der Waals surface area contributed by atoms with E-state index < -0.39 is 0 Å². The summed E-state index contributed by atoms with van der Waals surface area (Å²) in [7, 11) is 1.65. The van der Waals surface area contributed by atoms with E-state index >= 15 is 0 Å². The fourth-order valence-electron chi connectivity index (χ4n) is 4.22. The van der Waals surface area contributed by atoms with Crippen LogP contribution in [-0.2, 0) is 11.3 Å². The first kappa shape index (κ1) is 18.9. The summed E-state index contributed by atoms with van der Waals surface area (Å²) in [4.78, 5) is 33.4. The van der Waals surface area contributed by atoms with Gasteiger partial charge in [-0.2, -0.15) is 0 Å². The number of likely N-dealkylation sites (tertiary alicyclic amines) is 2. The maximum Gasteiger partial charge on any atom is 0.273 e. The molecule has 2 aliphatic heterocycles. The first-order chi connectivity index (χ1) is 13.5. The van der Waals surface area contributed by atoms with Crippen LogP contribution >= 0.6 is 11.3 Å². The van der Waals surface area contributed by atoms with E-state index in [1.54, 1.807) is 7.11 Å². The average Bonchev–Trinajstić information content (AvgIpc) is 3.26.